The second-order valence-corrected chi connectivity index (χ2v) is 9.28. The van der Waals surface area contributed by atoms with Gasteiger partial charge in [-0.3, -0.25) is 0 Å². The highest BCUT2D eigenvalue weighted by atomic mass is 16.2. The van der Waals surface area contributed by atoms with Gasteiger partial charge in [-0.05, 0) is 46.7 Å². The van der Waals surface area contributed by atoms with Gasteiger partial charge < -0.3 is 10.2 Å². The Balaban J connectivity index is 1.54. The van der Waals surface area contributed by atoms with Crippen molar-refractivity contribution in [1.29, 1.82) is 0 Å². The molecule has 0 radical (unpaired) electrons. The molecule has 3 heteroatoms. The van der Waals surface area contributed by atoms with Gasteiger partial charge >= 0.3 is 6.03 Å². The van der Waals surface area contributed by atoms with E-state index in [2.05, 4.69) is 92.0 Å². The van der Waals surface area contributed by atoms with Crippen molar-refractivity contribution in [3.05, 3.63) is 138 Å². The third-order valence-electron chi connectivity index (χ3n) is 6.42. The van der Waals surface area contributed by atoms with Crippen LogP contribution in [-0.2, 0) is 6.54 Å². The lowest BCUT2D eigenvalue weighted by atomic mass is 9.88. The highest BCUT2D eigenvalue weighted by molar-refractivity contribution is 5.89. The fourth-order valence-electron chi connectivity index (χ4n) is 4.39. The van der Waals surface area contributed by atoms with Crippen LogP contribution in [0.1, 0.15) is 54.4 Å². The molecule has 0 fully saturated rings. The number of anilines is 1. The van der Waals surface area contributed by atoms with E-state index in [0.717, 1.165) is 17.7 Å². The van der Waals surface area contributed by atoms with Crippen molar-refractivity contribution < 1.29 is 4.79 Å². The van der Waals surface area contributed by atoms with E-state index in [1.54, 1.807) is 0 Å². The van der Waals surface area contributed by atoms with Gasteiger partial charge in [-0.25, -0.2) is 4.79 Å². The molecule has 0 bridgehead atoms. The Labute approximate surface area is 209 Å². The van der Waals surface area contributed by atoms with Gasteiger partial charge in [0.05, 0.1) is 0 Å². The minimum atomic E-state index is -0.0778. The molecule has 4 aromatic carbocycles. The Bertz CT molecular complexity index is 1130. The average Bonchev–Trinajstić information content (AvgIpc) is 2.90. The van der Waals surface area contributed by atoms with Gasteiger partial charge in [0.15, 0.2) is 0 Å². The topological polar surface area (TPSA) is 32.3 Å². The van der Waals surface area contributed by atoms with Crippen molar-refractivity contribution in [3.63, 3.8) is 0 Å². The summed E-state index contributed by atoms with van der Waals surface area (Å²) in [5, 5.41) is 3.12. The Morgan fingerprint density at radius 1 is 0.686 bits per heavy atom. The monoisotopic (exact) mass is 462 g/mol. The Morgan fingerprint density at radius 3 is 1.71 bits per heavy atom. The summed E-state index contributed by atoms with van der Waals surface area (Å²) in [6.07, 6.45) is 0.834. The first kappa shape index (κ1) is 24.3. The quantitative estimate of drug-likeness (QED) is 0.268. The van der Waals surface area contributed by atoms with Crippen LogP contribution in [0.3, 0.4) is 0 Å². The molecule has 0 aliphatic heterocycles. The average molecular weight is 463 g/mol. The maximum absolute atomic E-state index is 13.4. The Morgan fingerprint density at radius 2 is 1.20 bits per heavy atom. The second kappa shape index (κ2) is 12.0. The van der Waals surface area contributed by atoms with Crippen molar-refractivity contribution in [2.24, 2.45) is 0 Å². The van der Waals surface area contributed by atoms with Crippen molar-refractivity contribution in [3.8, 4) is 0 Å². The zero-order valence-electron chi connectivity index (χ0n) is 20.6. The summed E-state index contributed by atoms with van der Waals surface area (Å²) in [7, 11) is 0. The molecule has 4 rings (SSSR count). The molecule has 178 valence electrons. The van der Waals surface area contributed by atoms with Crippen LogP contribution in [0.4, 0.5) is 10.5 Å². The van der Waals surface area contributed by atoms with Crippen LogP contribution < -0.4 is 5.32 Å². The first-order valence-electron chi connectivity index (χ1n) is 12.4. The summed E-state index contributed by atoms with van der Waals surface area (Å²) in [6.45, 7) is 5.54. The predicted octanol–water partition coefficient (Wildman–Crippen LogP) is 8.07. The van der Waals surface area contributed by atoms with E-state index >= 15 is 0 Å². The first-order valence-corrected chi connectivity index (χ1v) is 12.4. The number of urea groups is 1. The number of nitrogens with one attached hydrogen (secondary N) is 1. The van der Waals surface area contributed by atoms with E-state index in [1.807, 2.05) is 47.4 Å². The molecule has 0 saturated carbocycles. The molecule has 0 heterocycles. The van der Waals surface area contributed by atoms with Crippen molar-refractivity contribution >= 4 is 11.7 Å². The number of benzene rings is 4. The van der Waals surface area contributed by atoms with E-state index in [1.165, 1.54) is 16.7 Å². The molecule has 0 atom stereocenters. The molecule has 0 aromatic heterocycles. The number of carbonyl (C=O) groups excluding carboxylic acids is 1. The van der Waals surface area contributed by atoms with Crippen LogP contribution in [-0.4, -0.2) is 17.5 Å². The molecule has 0 saturated heterocycles. The molecule has 0 spiro atoms. The third kappa shape index (κ3) is 6.83. The summed E-state index contributed by atoms with van der Waals surface area (Å²) in [5.74, 6) is 0.677. The molecular weight excluding hydrogens is 428 g/mol. The number of nitrogens with zero attached hydrogens (tertiary/aromatic N) is 1. The molecule has 35 heavy (non-hydrogen) atoms. The van der Waals surface area contributed by atoms with Crippen molar-refractivity contribution in [1.82, 2.24) is 4.90 Å². The van der Waals surface area contributed by atoms with E-state index in [0.29, 0.717) is 19.0 Å². The molecule has 0 aliphatic rings. The number of hydrogen-bond acceptors (Lipinski definition) is 1. The smallest absolute Gasteiger partial charge is 0.320 e. The zero-order valence-corrected chi connectivity index (χ0v) is 20.6. The lowest BCUT2D eigenvalue weighted by Crippen LogP contribution is -2.36. The minimum absolute atomic E-state index is 0.0778. The normalized spacial score (nSPS) is 11.0. The van der Waals surface area contributed by atoms with Gasteiger partial charge in [-0.2, -0.15) is 0 Å². The van der Waals surface area contributed by atoms with Crippen LogP contribution in [0.5, 0.6) is 0 Å². The van der Waals surface area contributed by atoms with Gasteiger partial charge in [-0.1, -0.05) is 117 Å². The largest absolute Gasteiger partial charge is 0.322 e. The highest BCUT2D eigenvalue weighted by Gasteiger charge is 2.19. The lowest BCUT2D eigenvalue weighted by molar-refractivity contribution is 0.207. The number of carbonyl (C=O) groups is 1. The van der Waals surface area contributed by atoms with Gasteiger partial charge in [0.1, 0.15) is 0 Å². The molecule has 4 aromatic rings. The van der Waals surface area contributed by atoms with Gasteiger partial charge in [0.2, 0.25) is 0 Å². The fraction of sp³-hybridized carbons (Fsp3) is 0.219. The van der Waals surface area contributed by atoms with E-state index in [9.17, 15) is 4.79 Å². The fourth-order valence-corrected chi connectivity index (χ4v) is 4.39. The Kier molecular flexibility index (Phi) is 8.34. The summed E-state index contributed by atoms with van der Waals surface area (Å²) in [6, 6.07) is 39.4. The summed E-state index contributed by atoms with van der Waals surface area (Å²) >= 11 is 0. The number of rotatable bonds is 9. The maximum Gasteiger partial charge on any atom is 0.322 e. The molecule has 0 unspecified atom stereocenters. The molecule has 2 amide bonds. The molecule has 3 nitrogen and oxygen atoms in total. The van der Waals surface area contributed by atoms with Crippen LogP contribution in [0.25, 0.3) is 0 Å². The van der Waals surface area contributed by atoms with Gasteiger partial charge in [0, 0.05) is 24.7 Å². The van der Waals surface area contributed by atoms with Gasteiger partial charge in [0.25, 0.3) is 0 Å². The lowest BCUT2D eigenvalue weighted by Gasteiger charge is -2.26. The predicted molar refractivity (Wildman–Crippen MR) is 146 cm³/mol. The maximum atomic E-state index is 13.4. The Hall–Kier alpha value is -3.85. The number of hydrogen-bond donors (Lipinski definition) is 1. The summed E-state index contributed by atoms with van der Waals surface area (Å²) < 4.78 is 0. The van der Waals surface area contributed by atoms with Crippen molar-refractivity contribution in [2.45, 2.75) is 38.6 Å². The summed E-state index contributed by atoms with van der Waals surface area (Å²) in [5.41, 5.74) is 5.73. The first-order chi connectivity index (χ1) is 17.1. The second-order valence-electron chi connectivity index (χ2n) is 9.28. The standard InChI is InChI=1S/C32H34N2O/c1-25(2)27-18-20-30(21-19-27)33-32(35)34(24-26-12-6-3-7-13-26)23-22-31(28-14-8-4-9-15-28)29-16-10-5-11-17-29/h3-21,25,31H,22-24H2,1-2H3,(H,33,35). The zero-order chi connectivity index (χ0) is 24.5. The molecule has 1 N–H and O–H groups in total. The SMILES string of the molecule is CC(C)c1ccc(NC(=O)N(CCC(c2ccccc2)c2ccccc2)Cc2ccccc2)cc1. The van der Waals surface area contributed by atoms with Crippen LogP contribution in [0, 0.1) is 0 Å². The van der Waals surface area contributed by atoms with Crippen LogP contribution >= 0.6 is 0 Å². The molecule has 0 aliphatic carbocycles. The number of amides is 2. The van der Waals surface area contributed by atoms with Crippen LogP contribution in [0.15, 0.2) is 115 Å². The summed E-state index contributed by atoms with van der Waals surface area (Å²) in [4.78, 5) is 15.4. The van der Waals surface area contributed by atoms with Crippen LogP contribution in [0.2, 0.25) is 0 Å². The van der Waals surface area contributed by atoms with E-state index < -0.39 is 0 Å². The minimum Gasteiger partial charge on any atom is -0.320 e. The third-order valence-corrected chi connectivity index (χ3v) is 6.42. The molecular formula is C32H34N2O. The van der Waals surface area contributed by atoms with Gasteiger partial charge in [-0.15, -0.1) is 0 Å². The van der Waals surface area contributed by atoms with E-state index in [-0.39, 0.29) is 11.9 Å². The highest BCUT2D eigenvalue weighted by Crippen LogP contribution is 2.28. The van der Waals surface area contributed by atoms with E-state index in [4.69, 9.17) is 0 Å². The van der Waals surface area contributed by atoms with Crippen molar-refractivity contribution in [2.75, 3.05) is 11.9 Å².